The van der Waals surface area contributed by atoms with Gasteiger partial charge in [0.15, 0.2) is 0 Å². The van der Waals surface area contributed by atoms with Crippen molar-refractivity contribution >= 4 is 151 Å². The Morgan fingerprint density at radius 2 is 0.603 bits per heavy atom. The molecule has 6 aromatic heterocycles. The third-order valence-electron chi connectivity index (χ3n) is 16.5. The number of furan rings is 2. The second-order valence-electron chi connectivity index (χ2n) is 20.7. The van der Waals surface area contributed by atoms with Crippen molar-refractivity contribution in [3.8, 4) is 44.8 Å². The van der Waals surface area contributed by atoms with Crippen molar-refractivity contribution in [2.75, 3.05) is 0 Å². The molecule has 0 aliphatic carbocycles. The molecule has 0 fully saturated rings. The Morgan fingerprint density at radius 3 is 1.05 bits per heavy atom. The van der Waals surface area contributed by atoms with E-state index < -0.39 is 0 Å². The molecule has 4 nitrogen and oxygen atoms in total. The van der Waals surface area contributed by atoms with Gasteiger partial charge in [-0.15, -0.1) is 22.7 Å². The van der Waals surface area contributed by atoms with E-state index in [1.54, 1.807) is 0 Å². The Morgan fingerprint density at radius 1 is 0.256 bits per heavy atom. The zero-order valence-electron chi connectivity index (χ0n) is 41.6. The van der Waals surface area contributed by atoms with Crippen LogP contribution in [0.3, 0.4) is 0 Å². The second kappa shape index (κ2) is 15.9. The summed E-state index contributed by atoms with van der Waals surface area (Å²) in [5.41, 5.74) is 17.3. The van der Waals surface area contributed by atoms with Gasteiger partial charge < -0.3 is 18.0 Å². The minimum atomic E-state index is 0.899. The van der Waals surface area contributed by atoms with Gasteiger partial charge in [-0.3, -0.25) is 0 Å². The molecule has 0 spiro atoms. The van der Waals surface area contributed by atoms with Crippen molar-refractivity contribution in [2.45, 2.75) is 0 Å². The summed E-state index contributed by atoms with van der Waals surface area (Å²) in [6, 6.07) is 89.1. The molecule has 6 heteroatoms. The third-order valence-corrected chi connectivity index (χ3v) is 19.0. The SMILES string of the molecule is c1ccc2c(c1)oc1c(-c3ccc4c(c3)c3cc(-c5ccc6c(c5)c5cc(-c7cccc8c7oc7ccccc78)ccc5n6-c5cccc6c5sc5ccccc56)ccc3n4-c3cccc4c3sc3ccccc34)cccc12. The summed E-state index contributed by atoms with van der Waals surface area (Å²) in [4.78, 5) is 0. The lowest BCUT2D eigenvalue weighted by atomic mass is 9.97. The topological polar surface area (TPSA) is 36.1 Å². The predicted molar refractivity (Wildman–Crippen MR) is 332 cm³/mol. The molecule has 362 valence electrons. The average Bonchev–Trinajstić information content (AvgIpc) is 4.37. The van der Waals surface area contributed by atoms with Gasteiger partial charge in [0.2, 0.25) is 0 Å². The van der Waals surface area contributed by atoms with Gasteiger partial charge in [-0.05, 0) is 107 Å². The average molecular weight is 1030 g/mol. The molecule has 0 bridgehead atoms. The van der Waals surface area contributed by atoms with Gasteiger partial charge >= 0.3 is 0 Å². The van der Waals surface area contributed by atoms with Crippen molar-refractivity contribution in [2.24, 2.45) is 0 Å². The summed E-state index contributed by atoms with van der Waals surface area (Å²) in [5, 5.41) is 14.4. The van der Waals surface area contributed by atoms with Crippen LogP contribution in [0.5, 0.6) is 0 Å². The molecule has 18 rings (SSSR count). The Kier molecular flexibility index (Phi) is 8.67. The number of para-hydroxylation sites is 4. The predicted octanol–water partition coefficient (Wildman–Crippen LogP) is 21.4. The summed E-state index contributed by atoms with van der Waals surface area (Å²) in [6.45, 7) is 0. The summed E-state index contributed by atoms with van der Waals surface area (Å²) < 4.78 is 23.4. The Hall–Kier alpha value is -9.72. The molecule has 6 heterocycles. The van der Waals surface area contributed by atoms with Crippen LogP contribution in [-0.4, -0.2) is 9.13 Å². The molecule has 78 heavy (non-hydrogen) atoms. The van der Waals surface area contributed by atoms with Gasteiger partial charge in [0.1, 0.15) is 22.3 Å². The van der Waals surface area contributed by atoms with Crippen molar-refractivity contribution in [3.63, 3.8) is 0 Å². The molecular formula is C72H40N2O2S2. The number of nitrogens with zero attached hydrogens (tertiary/aromatic N) is 2. The second-order valence-corrected chi connectivity index (χ2v) is 22.8. The normalized spacial score (nSPS) is 12.4. The van der Waals surface area contributed by atoms with E-state index in [4.69, 9.17) is 8.83 Å². The van der Waals surface area contributed by atoms with E-state index in [-0.39, 0.29) is 0 Å². The molecular weight excluding hydrogens is 989 g/mol. The Labute approximate surface area is 453 Å². The number of benzene rings is 12. The maximum atomic E-state index is 6.65. The molecule has 0 atom stereocenters. The maximum absolute atomic E-state index is 6.65. The first kappa shape index (κ1) is 42.5. The van der Waals surface area contributed by atoms with Crippen LogP contribution in [0.1, 0.15) is 0 Å². The third kappa shape index (κ3) is 5.93. The van der Waals surface area contributed by atoms with Crippen LogP contribution in [-0.2, 0) is 0 Å². The molecule has 0 radical (unpaired) electrons. The van der Waals surface area contributed by atoms with Gasteiger partial charge in [-0.1, -0.05) is 158 Å². The number of thiophene rings is 2. The molecule has 0 N–H and O–H groups in total. The lowest BCUT2D eigenvalue weighted by Crippen LogP contribution is -1.94. The number of hydrogen-bond donors (Lipinski definition) is 0. The maximum Gasteiger partial charge on any atom is 0.143 e. The molecule has 0 unspecified atom stereocenters. The van der Waals surface area contributed by atoms with Gasteiger partial charge in [0, 0.05) is 85.2 Å². The number of hydrogen-bond acceptors (Lipinski definition) is 4. The number of fused-ring (bicyclic) bond motifs is 18. The standard InChI is InChI=1S/C72H40N2O2S2/c1-5-25-65-47(13-1)51-19-9-17-45(69(51)75-65)43-31-35-61-57(39-43)55-37-41(29-33-59(55)73(61)63-23-11-21-53-49-15-3-7-27-67(49)77-71(53)63)42-30-34-60-56(38-42)58-40-44(46-18-10-20-52-48-14-2-6-26-66(48)76-70(46)52)32-36-62(58)74(60)64-24-12-22-54-50-16-4-8-28-68(50)78-72(54)64/h1-40H. The highest BCUT2D eigenvalue weighted by atomic mass is 32.1. The van der Waals surface area contributed by atoms with E-state index in [9.17, 15) is 0 Å². The first-order chi connectivity index (χ1) is 38.7. The summed E-state index contributed by atoms with van der Waals surface area (Å²) in [6.07, 6.45) is 0. The fourth-order valence-corrected chi connectivity index (χ4v) is 15.4. The largest absolute Gasteiger partial charge is 0.455 e. The molecule has 18 aromatic rings. The highest BCUT2D eigenvalue weighted by Crippen LogP contribution is 2.47. The van der Waals surface area contributed by atoms with Crippen LogP contribution >= 0.6 is 22.7 Å². The summed E-state index contributed by atoms with van der Waals surface area (Å²) in [5.74, 6) is 0. The minimum absolute atomic E-state index is 0.899. The van der Waals surface area contributed by atoms with Crippen LogP contribution in [0.4, 0.5) is 0 Å². The summed E-state index contributed by atoms with van der Waals surface area (Å²) in [7, 11) is 0. The highest BCUT2D eigenvalue weighted by Gasteiger charge is 2.23. The zero-order chi connectivity index (χ0) is 50.7. The van der Waals surface area contributed by atoms with Crippen molar-refractivity contribution in [1.29, 1.82) is 0 Å². The van der Waals surface area contributed by atoms with Gasteiger partial charge in [-0.2, -0.15) is 0 Å². The molecule has 0 aliphatic heterocycles. The molecule has 0 amide bonds. The van der Waals surface area contributed by atoms with E-state index in [1.807, 2.05) is 34.8 Å². The lowest BCUT2D eigenvalue weighted by molar-refractivity contribution is 0.669. The van der Waals surface area contributed by atoms with Crippen molar-refractivity contribution in [1.82, 2.24) is 9.13 Å². The Balaban J connectivity index is 0.881. The Bertz CT molecular complexity index is 5250. The first-order valence-electron chi connectivity index (χ1n) is 26.5. The van der Waals surface area contributed by atoms with E-state index in [2.05, 4.69) is 240 Å². The van der Waals surface area contributed by atoms with Gasteiger partial charge in [0.25, 0.3) is 0 Å². The van der Waals surface area contributed by atoms with E-state index in [0.717, 1.165) is 99.3 Å². The molecule has 0 aliphatic rings. The molecule has 0 saturated carbocycles. The number of aromatic nitrogens is 2. The lowest BCUT2D eigenvalue weighted by Gasteiger charge is -2.11. The van der Waals surface area contributed by atoms with E-state index >= 15 is 0 Å². The van der Waals surface area contributed by atoms with Crippen LogP contribution < -0.4 is 0 Å². The van der Waals surface area contributed by atoms with E-state index in [1.165, 1.54) is 73.3 Å². The number of rotatable bonds is 5. The highest BCUT2D eigenvalue weighted by molar-refractivity contribution is 7.26. The zero-order valence-corrected chi connectivity index (χ0v) is 43.3. The monoisotopic (exact) mass is 1030 g/mol. The molecule has 12 aromatic carbocycles. The summed E-state index contributed by atoms with van der Waals surface area (Å²) >= 11 is 3.74. The molecule has 0 saturated heterocycles. The van der Waals surface area contributed by atoms with Crippen molar-refractivity contribution in [3.05, 3.63) is 243 Å². The van der Waals surface area contributed by atoms with E-state index in [0.29, 0.717) is 0 Å². The fraction of sp³-hybridized carbons (Fsp3) is 0. The van der Waals surface area contributed by atoms with Crippen molar-refractivity contribution < 1.29 is 8.83 Å². The van der Waals surface area contributed by atoms with Gasteiger partial charge in [0.05, 0.1) is 42.8 Å². The van der Waals surface area contributed by atoms with Gasteiger partial charge in [-0.25, -0.2) is 0 Å². The smallest absolute Gasteiger partial charge is 0.143 e. The van der Waals surface area contributed by atoms with Crippen LogP contribution in [0.25, 0.3) is 173 Å². The first-order valence-corrected chi connectivity index (χ1v) is 28.1. The van der Waals surface area contributed by atoms with Crippen LogP contribution in [0.2, 0.25) is 0 Å². The van der Waals surface area contributed by atoms with Crippen LogP contribution in [0.15, 0.2) is 251 Å². The minimum Gasteiger partial charge on any atom is -0.455 e. The quantitative estimate of drug-likeness (QED) is 0.172. The fourth-order valence-electron chi connectivity index (χ4n) is 13.0. The van der Waals surface area contributed by atoms with Crippen LogP contribution in [0, 0.1) is 0 Å².